The van der Waals surface area contributed by atoms with Gasteiger partial charge in [-0.15, -0.1) is 0 Å². The number of hydrogen-bond acceptors (Lipinski definition) is 2. The summed E-state index contributed by atoms with van der Waals surface area (Å²) >= 11 is 0. The van der Waals surface area contributed by atoms with E-state index in [2.05, 4.69) is 42.8 Å². The summed E-state index contributed by atoms with van der Waals surface area (Å²) < 4.78 is 6.20. The maximum Gasteiger partial charge on any atom is 0.136 e. The topological polar surface area (TPSA) is 22.1 Å². The number of aromatic nitrogens is 1. The number of pyridine rings is 1. The number of nitrogens with zero attached hydrogens (tertiary/aromatic N) is 1. The summed E-state index contributed by atoms with van der Waals surface area (Å²) in [6.45, 7) is 7.17. The molecule has 1 aromatic heterocycles. The van der Waals surface area contributed by atoms with Crippen molar-refractivity contribution in [1.82, 2.24) is 4.98 Å². The lowest BCUT2D eigenvalue weighted by Gasteiger charge is -2.17. The summed E-state index contributed by atoms with van der Waals surface area (Å²) in [6.07, 6.45) is 3.93. The lowest BCUT2D eigenvalue weighted by atomic mass is 9.95. The Hall–Kier alpha value is -2.87. The molecule has 0 unspecified atom stereocenters. The Morgan fingerprint density at radius 1 is 0.960 bits per heavy atom. The van der Waals surface area contributed by atoms with Gasteiger partial charge in [-0.05, 0) is 35.8 Å². The molecule has 3 rings (SSSR count). The average Bonchev–Trinajstić information content (AvgIpc) is 2.69. The first-order chi connectivity index (χ1) is 12.3. The van der Waals surface area contributed by atoms with Crippen LogP contribution in [0.1, 0.15) is 30.9 Å². The van der Waals surface area contributed by atoms with Gasteiger partial charge in [0.25, 0.3) is 0 Å². The summed E-state index contributed by atoms with van der Waals surface area (Å²) in [7, 11) is 0. The normalized spacial score (nSPS) is 10.4. The number of benzene rings is 2. The van der Waals surface area contributed by atoms with Gasteiger partial charge in [-0.1, -0.05) is 68.5 Å². The van der Waals surface area contributed by atoms with Gasteiger partial charge >= 0.3 is 0 Å². The Balaban J connectivity index is 2.06. The molecule has 0 aliphatic rings. The molecule has 0 bridgehead atoms. The van der Waals surface area contributed by atoms with Crippen LogP contribution in [0.5, 0.6) is 5.75 Å². The SMILES string of the molecule is C=C(c1ccccc1)c1cccc(-c2ccccn2)c1OCCCC. The fraction of sp³-hybridized carbons (Fsp3) is 0.174. The Kier molecular flexibility index (Phi) is 5.63. The van der Waals surface area contributed by atoms with Gasteiger partial charge in [0.05, 0.1) is 12.3 Å². The van der Waals surface area contributed by atoms with Crippen LogP contribution < -0.4 is 4.74 Å². The number of ether oxygens (including phenoxy) is 1. The molecule has 0 radical (unpaired) electrons. The highest BCUT2D eigenvalue weighted by Gasteiger charge is 2.15. The largest absolute Gasteiger partial charge is 0.492 e. The molecule has 0 atom stereocenters. The standard InChI is InChI=1S/C23H23NO/c1-3-4-17-25-23-20(18(2)19-11-6-5-7-12-19)13-10-14-21(23)22-15-8-9-16-24-22/h5-16H,2-4,17H2,1H3. The van der Waals surface area contributed by atoms with Crippen LogP contribution in [0.3, 0.4) is 0 Å². The van der Waals surface area contributed by atoms with Crippen molar-refractivity contribution in [3.8, 4) is 17.0 Å². The summed E-state index contributed by atoms with van der Waals surface area (Å²) in [5.41, 5.74) is 5.00. The number of unbranched alkanes of at least 4 members (excludes halogenated alkanes) is 1. The second-order valence-electron chi connectivity index (χ2n) is 5.94. The van der Waals surface area contributed by atoms with E-state index >= 15 is 0 Å². The van der Waals surface area contributed by atoms with Crippen molar-refractivity contribution in [3.05, 3.63) is 90.6 Å². The highest BCUT2D eigenvalue weighted by molar-refractivity contribution is 5.85. The highest BCUT2D eigenvalue weighted by atomic mass is 16.5. The van der Waals surface area contributed by atoms with E-state index in [-0.39, 0.29) is 0 Å². The van der Waals surface area contributed by atoms with Gasteiger partial charge in [0, 0.05) is 17.3 Å². The van der Waals surface area contributed by atoms with E-state index in [1.54, 1.807) is 0 Å². The Labute approximate surface area is 149 Å². The quantitative estimate of drug-likeness (QED) is 0.497. The molecule has 2 heteroatoms. The molecule has 0 N–H and O–H groups in total. The monoisotopic (exact) mass is 329 g/mol. The van der Waals surface area contributed by atoms with E-state index in [1.807, 2.05) is 48.7 Å². The smallest absolute Gasteiger partial charge is 0.136 e. The maximum atomic E-state index is 6.20. The maximum absolute atomic E-state index is 6.20. The predicted octanol–water partition coefficient (Wildman–Crippen LogP) is 5.99. The summed E-state index contributed by atoms with van der Waals surface area (Å²) in [5, 5.41) is 0. The van der Waals surface area contributed by atoms with Crippen molar-refractivity contribution in [3.63, 3.8) is 0 Å². The zero-order valence-electron chi connectivity index (χ0n) is 14.6. The molecule has 1 heterocycles. The predicted molar refractivity (Wildman–Crippen MR) is 105 cm³/mol. The molecule has 0 amide bonds. The van der Waals surface area contributed by atoms with Crippen LogP contribution in [-0.2, 0) is 0 Å². The van der Waals surface area contributed by atoms with Crippen LogP contribution in [0.2, 0.25) is 0 Å². The fourth-order valence-corrected chi connectivity index (χ4v) is 2.77. The highest BCUT2D eigenvalue weighted by Crippen LogP contribution is 2.37. The summed E-state index contributed by atoms with van der Waals surface area (Å²) in [6, 6.07) is 22.3. The zero-order chi connectivity index (χ0) is 17.5. The first-order valence-electron chi connectivity index (χ1n) is 8.73. The second-order valence-corrected chi connectivity index (χ2v) is 5.94. The molecule has 25 heavy (non-hydrogen) atoms. The number of hydrogen-bond donors (Lipinski definition) is 0. The van der Waals surface area contributed by atoms with Crippen LogP contribution in [0.25, 0.3) is 16.8 Å². The minimum absolute atomic E-state index is 0.690. The van der Waals surface area contributed by atoms with E-state index in [9.17, 15) is 0 Å². The Morgan fingerprint density at radius 3 is 2.48 bits per heavy atom. The second kappa shape index (κ2) is 8.29. The third kappa shape index (κ3) is 3.97. The Morgan fingerprint density at radius 2 is 1.76 bits per heavy atom. The van der Waals surface area contributed by atoms with Gasteiger partial charge in [0.15, 0.2) is 0 Å². The van der Waals surface area contributed by atoms with Crippen LogP contribution >= 0.6 is 0 Å². The molecular formula is C23H23NO. The summed E-state index contributed by atoms with van der Waals surface area (Å²) in [5.74, 6) is 0.864. The molecule has 0 aliphatic carbocycles. The van der Waals surface area contributed by atoms with Crippen molar-refractivity contribution in [2.24, 2.45) is 0 Å². The van der Waals surface area contributed by atoms with Gasteiger partial charge in [-0.3, -0.25) is 4.98 Å². The van der Waals surface area contributed by atoms with E-state index in [0.717, 1.165) is 46.5 Å². The van der Waals surface area contributed by atoms with E-state index in [0.29, 0.717) is 6.61 Å². The molecule has 3 aromatic rings. The molecule has 126 valence electrons. The van der Waals surface area contributed by atoms with Crippen molar-refractivity contribution in [1.29, 1.82) is 0 Å². The minimum atomic E-state index is 0.690. The third-order valence-corrected chi connectivity index (χ3v) is 4.15. The molecule has 2 nitrogen and oxygen atoms in total. The first-order valence-corrected chi connectivity index (χ1v) is 8.73. The van der Waals surface area contributed by atoms with E-state index in [1.165, 1.54) is 0 Å². The van der Waals surface area contributed by atoms with Crippen molar-refractivity contribution >= 4 is 5.57 Å². The summed E-state index contributed by atoms with van der Waals surface area (Å²) in [4.78, 5) is 4.50. The molecule has 2 aromatic carbocycles. The minimum Gasteiger partial charge on any atom is -0.492 e. The van der Waals surface area contributed by atoms with Crippen molar-refractivity contribution < 1.29 is 4.74 Å². The number of para-hydroxylation sites is 1. The molecular weight excluding hydrogens is 306 g/mol. The lowest BCUT2D eigenvalue weighted by molar-refractivity contribution is 0.310. The fourth-order valence-electron chi connectivity index (χ4n) is 2.77. The molecule has 0 aliphatic heterocycles. The van der Waals surface area contributed by atoms with Gasteiger partial charge in [-0.25, -0.2) is 0 Å². The Bertz CT molecular complexity index is 825. The van der Waals surface area contributed by atoms with Crippen LogP contribution in [0, 0.1) is 0 Å². The van der Waals surface area contributed by atoms with Crippen LogP contribution in [0.4, 0.5) is 0 Å². The third-order valence-electron chi connectivity index (χ3n) is 4.15. The van der Waals surface area contributed by atoms with Gasteiger partial charge in [0.1, 0.15) is 5.75 Å². The van der Waals surface area contributed by atoms with E-state index in [4.69, 9.17) is 4.74 Å². The molecule has 0 saturated carbocycles. The zero-order valence-corrected chi connectivity index (χ0v) is 14.6. The van der Waals surface area contributed by atoms with Gasteiger partial charge < -0.3 is 4.74 Å². The number of rotatable bonds is 7. The van der Waals surface area contributed by atoms with Crippen LogP contribution in [-0.4, -0.2) is 11.6 Å². The molecule has 0 saturated heterocycles. The first kappa shape index (κ1) is 17.0. The molecule has 0 fully saturated rings. The van der Waals surface area contributed by atoms with Gasteiger partial charge in [-0.2, -0.15) is 0 Å². The van der Waals surface area contributed by atoms with Crippen LogP contribution in [0.15, 0.2) is 79.5 Å². The molecule has 0 spiro atoms. The van der Waals surface area contributed by atoms with E-state index < -0.39 is 0 Å². The average molecular weight is 329 g/mol. The van der Waals surface area contributed by atoms with Crippen molar-refractivity contribution in [2.45, 2.75) is 19.8 Å². The lowest BCUT2D eigenvalue weighted by Crippen LogP contribution is -2.02. The van der Waals surface area contributed by atoms with Gasteiger partial charge in [0.2, 0.25) is 0 Å². The van der Waals surface area contributed by atoms with Crippen molar-refractivity contribution in [2.75, 3.05) is 6.61 Å².